The molecule has 2 aromatic carbocycles. The van der Waals surface area contributed by atoms with E-state index in [9.17, 15) is 19.2 Å². The molecule has 208 valence electrons. The number of carbonyl (C=O) groups excluding carboxylic acids is 4. The van der Waals surface area contributed by atoms with Crippen LogP contribution in [0.1, 0.15) is 70.2 Å². The van der Waals surface area contributed by atoms with E-state index in [-0.39, 0.29) is 12.8 Å². The Labute approximate surface area is 230 Å². The Morgan fingerprint density at radius 2 is 1.67 bits per heavy atom. The summed E-state index contributed by atoms with van der Waals surface area (Å²) in [6.45, 7) is 10.4. The summed E-state index contributed by atoms with van der Waals surface area (Å²) in [6, 6.07) is 11.3. The van der Waals surface area contributed by atoms with Crippen molar-refractivity contribution >= 4 is 29.5 Å². The summed E-state index contributed by atoms with van der Waals surface area (Å²) in [7, 11) is 0. The largest absolute Gasteiger partial charge is 0.444 e. The normalized spacial score (nSPS) is 12.6. The lowest BCUT2D eigenvalue weighted by atomic mass is 9.95. The van der Waals surface area contributed by atoms with Gasteiger partial charge >= 0.3 is 6.09 Å². The fraction of sp³-hybridized carbons (Fsp3) is 0.400. The van der Waals surface area contributed by atoms with E-state index in [1.165, 1.54) is 4.90 Å². The average molecular weight is 535 g/mol. The lowest BCUT2D eigenvalue weighted by Gasteiger charge is -2.37. The maximum atomic E-state index is 14.1. The number of terminal acetylenes is 1. The number of aryl methyl sites for hydroxylation is 1. The number of nitrogens with zero attached hydrogens (tertiary/aromatic N) is 1. The number of benzene rings is 2. The van der Waals surface area contributed by atoms with E-state index >= 15 is 0 Å². The van der Waals surface area contributed by atoms with Crippen molar-refractivity contribution in [2.24, 2.45) is 5.73 Å². The van der Waals surface area contributed by atoms with Gasteiger partial charge in [-0.15, -0.1) is 6.42 Å². The van der Waals surface area contributed by atoms with Crippen molar-refractivity contribution in [3.63, 3.8) is 0 Å². The molecule has 9 nitrogen and oxygen atoms in total. The third-order valence-corrected chi connectivity index (χ3v) is 5.82. The number of hydrogen-bond acceptors (Lipinski definition) is 5. The van der Waals surface area contributed by atoms with Crippen LogP contribution in [-0.2, 0) is 19.1 Å². The number of carbonyl (C=O) groups is 4. The minimum Gasteiger partial charge on any atom is -0.444 e. The smallest absolute Gasteiger partial charge is 0.408 e. The van der Waals surface area contributed by atoms with Gasteiger partial charge in [0.1, 0.15) is 17.7 Å². The summed E-state index contributed by atoms with van der Waals surface area (Å²) in [5.41, 5.74) is 6.84. The number of amides is 4. The summed E-state index contributed by atoms with van der Waals surface area (Å²) >= 11 is 0. The van der Waals surface area contributed by atoms with Crippen LogP contribution in [0, 0.1) is 19.3 Å². The van der Waals surface area contributed by atoms with Crippen LogP contribution >= 0.6 is 0 Å². The van der Waals surface area contributed by atoms with Crippen LogP contribution in [-0.4, -0.2) is 46.4 Å². The molecule has 0 radical (unpaired) electrons. The van der Waals surface area contributed by atoms with E-state index in [4.69, 9.17) is 16.9 Å². The van der Waals surface area contributed by atoms with Crippen molar-refractivity contribution < 1.29 is 23.9 Å². The Hall–Kier alpha value is -4.32. The third kappa shape index (κ3) is 8.88. The van der Waals surface area contributed by atoms with Gasteiger partial charge in [-0.3, -0.25) is 14.4 Å². The van der Waals surface area contributed by atoms with Crippen molar-refractivity contribution in [1.82, 2.24) is 10.2 Å². The van der Waals surface area contributed by atoms with Crippen LogP contribution in [0.15, 0.2) is 48.5 Å². The predicted octanol–water partition coefficient (Wildman–Crippen LogP) is 4.05. The van der Waals surface area contributed by atoms with Gasteiger partial charge in [0.2, 0.25) is 11.8 Å². The molecule has 0 aromatic heterocycles. The molecular weight excluding hydrogens is 496 g/mol. The van der Waals surface area contributed by atoms with E-state index in [2.05, 4.69) is 16.6 Å². The molecule has 4 amide bonds. The standard InChI is InChI=1S/C30H38N4O5/c1-8-21-14-10-11-15-22(21)26(27(36)32-23-16-12-9-13-20(23)4)34(19(2)3)28(37)24(17-18-25(31)35)33-29(38)39-30(5,6)7/h1,9-16,19,24,26H,17-18H2,2-7H3,(H2,31,35)(H,32,36)(H,33,38). The zero-order valence-corrected chi connectivity index (χ0v) is 23.4. The molecule has 2 unspecified atom stereocenters. The Kier molecular flexibility index (Phi) is 10.7. The molecule has 0 saturated carbocycles. The van der Waals surface area contributed by atoms with Gasteiger partial charge in [-0.25, -0.2) is 4.79 Å². The topological polar surface area (TPSA) is 131 Å². The predicted molar refractivity (Wildman–Crippen MR) is 150 cm³/mol. The number of para-hydroxylation sites is 1. The summed E-state index contributed by atoms with van der Waals surface area (Å²) in [5, 5.41) is 5.49. The van der Waals surface area contributed by atoms with Gasteiger partial charge in [0, 0.05) is 23.7 Å². The first-order chi connectivity index (χ1) is 18.2. The molecule has 0 saturated heterocycles. The number of primary amides is 1. The maximum absolute atomic E-state index is 14.1. The Balaban J connectivity index is 2.60. The quantitative estimate of drug-likeness (QED) is 0.396. The second-order valence-electron chi connectivity index (χ2n) is 10.5. The van der Waals surface area contributed by atoms with Crippen LogP contribution in [0.2, 0.25) is 0 Å². The van der Waals surface area contributed by atoms with Gasteiger partial charge < -0.3 is 26.0 Å². The zero-order valence-electron chi connectivity index (χ0n) is 23.4. The van der Waals surface area contributed by atoms with Gasteiger partial charge in [0.05, 0.1) is 0 Å². The van der Waals surface area contributed by atoms with Gasteiger partial charge in [0.15, 0.2) is 0 Å². The number of rotatable bonds is 10. The van der Waals surface area contributed by atoms with Crippen molar-refractivity contribution in [1.29, 1.82) is 0 Å². The monoisotopic (exact) mass is 534 g/mol. The van der Waals surface area contributed by atoms with E-state index in [1.54, 1.807) is 71.0 Å². The van der Waals surface area contributed by atoms with E-state index in [0.717, 1.165) is 5.56 Å². The number of hydrogen-bond donors (Lipinski definition) is 3. The molecule has 4 N–H and O–H groups in total. The molecule has 0 spiro atoms. The molecule has 0 fully saturated rings. The second kappa shape index (κ2) is 13.5. The summed E-state index contributed by atoms with van der Waals surface area (Å²) in [4.78, 5) is 53.6. The Morgan fingerprint density at radius 3 is 2.23 bits per heavy atom. The molecule has 0 aliphatic rings. The molecule has 0 aliphatic carbocycles. The molecule has 0 bridgehead atoms. The van der Waals surface area contributed by atoms with Gasteiger partial charge in [-0.05, 0) is 71.2 Å². The van der Waals surface area contributed by atoms with E-state index < -0.39 is 47.5 Å². The number of ether oxygens (including phenoxy) is 1. The zero-order chi connectivity index (χ0) is 29.3. The van der Waals surface area contributed by atoms with Crippen LogP contribution in [0.3, 0.4) is 0 Å². The highest BCUT2D eigenvalue weighted by molar-refractivity contribution is 6.00. The molecule has 0 heterocycles. The van der Waals surface area contributed by atoms with Crippen LogP contribution in [0.5, 0.6) is 0 Å². The molecule has 39 heavy (non-hydrogen) atoms. The molecule has 2 atom stereocenters. The first-order valence-electron chi connectivity index (χ1n) is 12.8. The molecule has 2 aromatic rings. The minimum absolute atomic E-state index is 0.0838. The van der Waals surface area contributed by atoms with Gasteiger partial charge in [-0.1, -0.05) is 42.3 Å². The first kappa shape index (κ1) is 30.9. The Morgan fingerprint density at radius 1 is 1.05 bits per heavy atom. The minimum atomic E-state index is -1.19. The van der Waals surface area contributed by atoms with E-state index in [1.807, 2.05) is 19.1 Å². The van der Waals surface area contributed by atoms with Crippen molar-refractivity contribution in [3.8, 4) is 12.3 Å². The molecular formula is C30H38N4O5. The van der Waals surface area contributed by atoms with Crippen molar-refractivity contribution in [2.45, 2.75) is 78.1 Å². The first-order valence-corrected chi connectivity index (χ1v) is 12.8. The molecule has 2 rings (SSSR count). The van der Waals surface area contributed by atoms with Crippen molar-refractivity contribution in [3.05, 3.63) is 65.2 Å². The third-order valence-electron chi connectivity index (χ3n) is 5.82. The summed E-state index contributed by atoms with van der Waals surface area (Å²) in [5.74, 6) is 0.885. The highest BCUT2D eigenvalue weighted by atomic mass is 16.6. The lowest BCUT2D eigenvalue weighted by molar-refractivity contribution is -0.143. The van der Waals surface area contributed by atoms with Crippen LogP contribution in [0.25, 0.3) is 0 Å². The SMILES string of the molecule is C#Cc1ccccc1C(C(=O)Nc1ccccc1C)N(C(=O)C(CCC(N)=O)NC(=O)OC(C)(C)C)C(C)C. The lowest BCUT2D eigenvalue weighted by Crippen LogP contribution is -2.54. The maximum Gasteiger partial charge on any atom is 0.408 e. The molecule has 9 heteroatoms. The van der Waals surface area contributed by atoms with Crippen molar-refractivity contribution in [2.75, 3.05) is 5.32 Å². The Bertz CT molecular complexity index is 1240. The average Bonchev–Trinajstić information content (AvgIpc) is 2.84. The summed E-state index contributed by atoms with van der Waals surface area (Å²) in [6.07, 6.45) is 4.69. The fourth-order valence-corrected chi connectivity index (χ4v) is 4.05. The highest BCUT2D eigenvalue weighted by Gasteiger charge is 2.38. The van der Waals surface area contributed by atoms with Crippen LogP contribution in [0.4, 0.5) is 10.5 Å². The van der Waals surface area contributed by atoms with Gasteiger partial charge in [-0.2, -0.15) is 0 Å². The second-order valence-corrected chi connectivity index (χ2v) is 10.5. The number of anilines is 1. The summed E-state index contributed by atoms with van der Waals surface area (Å²) < 4.78 is 5.34. The van der Waals surface area contributed by atoms with Gasteiger partial charge in [0.25, 0.3) is 5.91 Å². The number of nitrogens with one attached hydrogen (secondary N) is 2. The molecule has 0 aliphatic heterocycles. The number of alkyl carbamates (subject to hydrolysis) is 1. The van der Waals surface area contributed by atoms with Crippen LogP contribution < -0.4 is 16.4 Å². The highest BCUT2D eigenvalue weighted by Crippen LogP contribution is 2.29. The fourth-order valence-electron chi connectivity index (χ4n) is 4.05. The number of nitrogens with two attached hydrogens (primary N) is 1. The van der Waals surface area contributed by atoms with E-state index in [0.29, 0.717) is 16.8 Å².